The fourth-order valence-electron chi connectivity index (χ4n) is 2.67. The van der Waals surface area contributed by atoms with Gasteiger partial charge in [-0.1, -0.05) is 24.3 Å². The van der Waals surface area contributed by atoms with Gasteiger partial charge in [0, 0.05) is 24.7 Å². The molecule has 1 aromatic heterocycles. The van der Waals surface area contributed by atoms with Crippen LogP contribution in [0.4, 0.5) is 8.78 Å². The summed E-state index contributed by atoms with van der Waals surface area (Å²) >= 11 is 0.687. The molecule has 1 aromatic carbocycles. The average molecular weight is 441 g/mol. The topological polar surface area (TPSA) is 79.2 Å². The number of thiophene rings is 1. The van der Waals surface area contributed by atoms with Gasteiger partial charge in [0.1, 0.15) is 10.6 Å². The van der Waals surface area contributed by atoms with Crippen molar-refractivity contribution in [1.82, 2.24) is 5.32 Å². The lowest BCUT2D eigenvalue weighted by molar-refractivity contribution is 0.0214. The first kappa shape index (κ1) is 21.4. The van der Waals surface area contributed by atoms with Crippen molar-refractivity contribution in [2.75, 3.05) is 6.26 Å². The summed E-state index contributed by atoms with van der Waals surface area (Å²) in [5.41, 5.74) is 0. The third-order valence-corrected chi connectivity index (χ3v) is 6.24. The number of benzene rings is 1. The first-order valence-electron chi connectivity index (χ1n) is 9.01. The smallest absolute Gasteiger partial charge is 0.279 e. The monoisotopic (exact) mass is 440 g/mol. The van der Waals surface area contributed by atoms with Gasteiger partial charge in [-0.3, -0.25) is 4.79 Å². The maximum absolute atomic E-state index is 13.9. The maximum Gasteiger partial charge on any atom is 0.279 e. The molecular weight excluding hydrogens is 418 g/mol. The number of carbonyl (C=O) groups excluding carboxylic acids is 1. The molecule has 1 fully saturated rings. The number of para-hydroxylation sites is 1. The van der Waals surface area contributed by atoms with Gasteiger partial charge in [0.05, 0.1) is 20.6 Å². The summed E-state index contributed by atoms with van der Waals surface area (Å²) in [5.74, 6) is -2.96. The lowest BCUT2D eigenvalue weighted by Crippen LogP contribution is -2.34. The van der Waals surface area contributed by atoms with E-state index in [0.717, 1.165) is 19.8 Å². The summed E-state index contributed by atoms with van der Waals surface area (Å²) in [5, 5.41) is 4.09. The lowest BCUT2D eigenvalue weighted by Gasteiger charge is -2.14. The molecule has 0 aliphatic heterocycles. The van der Waals surface area contributed by atoms with E-state index < -0.39 is 27.6 Å². The van der Waals surface area contributed by atoms with Crippen molar-refractivity contribution in [1.29, 1.82) is 4.78 Å². The van der Waals surface area contributed by atoms with Crippen LogP contribution in [0.15, 0.2) is 47.9 Å². The first-order chi connectivity index (χ1) is 13.5. The normalized spacial score (nSPS) is 17.7. The molecule has 5 nitrogen and oxygen atoms in total. The Morgan fingerprint density at radius 2 is 2.03 bits per heavy atom. The van der Waals surface area contributed by atoms with Crippen LogP contribution in [0.2, 0.25) is 0 Å². The number of alkyl halides is 2. The van der Waals surface area contributed by atoms with Gasteiger partial charge in [0.2, 0.25) is 0 Å². The molecule has 1 aliphatic carbocycles. The number of ether oxygens (including phenoxy) is 1. The van der Waals surface area contributed by atoms with E-state index in [0.29, 0.717) is 17.1 Å². The van der Waals surface area contributed by atoms with Crippen molar-refractivity contribution >= 4 is 27.0 Å². The molecule has 1 amide bonds. The van der Waals surface area contributed by atoms with E-state index in [2.05, 4.69) is 5.32 Å². The van der Waals surface area contributed by atoms with Gasteiger partial charge < -0.3 is 10.1 Å². The highest BCUT2D eigenvalue weighted by Crippen LogP contribution is 2.41. The Morgan fingerprint density at radius 3 is 2.59 bits per heavy atom. The molecule has 0 spiro atoms. The molecule has 0 saturated heterocycles. The predicted molar refractivity (Wildman–Crippen MR) is 110 cm³/mol. The van der Waals surface area contributed by atoms with Crippen molar-refractivity contribution in [2.24, 2.45) is 5.92 Å². The van der Waals surface area contributed by atoms with Crippen LogP contribution < -0.4 is 10.1 Å². The van der Waals surface area contributed by atoms with Crippen molar-refractivity contribution < 1.29 is 22.5 Å². The predicted octanol–water partition coefficient (Wildman–Crippen LogP) is 5.35. The van der Waals surface area contributed by atoms with E-state index >= 15 is 0 Å². The summed E-state index contributed by atoms with van der Waals surface area (Å²) < 4.78 is 52.5. The van der Waals surface area contributed by atoms with Gasteiger partial charge in [-0.05, 0) is 30.9 Å². The molecule has 156 valence electrons. The lowest BCUT2D eigenvalue weighted by atomic mass is 10.2. The molecule has 0 bridgehead atoms. The number of amides is 1. The van der Waals surface area contributed by atoms with Crippen molar-refractivity contribution in [2.45, 2.75) is 31.7 Å². The minimum Gasteiger partial charge on any atom is -0.456 e. The molecule has 9 heteroatoms. The van der Waals surface area contributed by atoms with Crippen molar-refractivity contribution in [3.05, 3.63) is 57.6 Å². The fourth-order valence-corrected chi connectivity index (χ4v) is 4.06. The zero-order valence-electron chi connectivity index (χ0n) is 16.0. The van der Waals surface area contributed by atoms with E-state index in [1.165, 1.54) is 17.7 Å². The Balaban J connectivity index is 1.88. The van der Waals surface area contributed by atoms with Crippen LogP contribution in [0.25, 0.3) is 0 Å². The molecule has 1 aliphatic rings. The molecule has 29 heavy (non-hydrogen) atoms. The Hall–Kier alpha value is -2.26. The van der Waals surface area contributed by atoms with E-state index in [1.54, 1.807) is 36.4 Å². The Morgan fingerprint density at radius 1 is 1.38 bits per heavy atom. The number of hydrogen-bond donors (Lipinski definition) is 2. The van der Waals surface area contributed by atoms with Crippen molar-refractivity contribution in [3.63, 3.8) is 0 Å². The summed E-state index contributed by atoms with van der Waals surface area (Å²) in [6.45, 7) is 0.772. The summed E-state index contributed by atoms with van der Waals surface area (Å²) in [6.07, 6.45) is 4.64. The Kier molecular flexibility index (Phi) is 6.09. The second-order valence-corrected chi connectivity index (χ2v) is 10.3. The Bertz CT molecular complexity index is 1010. The van der Waals surface area contributed by atoms with Gasteiger partial charge in [-0.2, -0.15) is 0 Å². The maximum atomic E-state index is 13.9. The van der Waals surface area contributed by atoms with E-state index in [-0.39, 0.29) is 21.4 Å². The quantitative estimate of drug-likeness (QED) is 0.581. The number of halogens is 2. The van der Waals surface area contributed by atoms with Gasteiger partial charge >= 0.3 is 0 Å². The molecule has 2 N–H and O–H groups in total. The highest BCUT2D eigenvalue weighted by atomic mass is 32.2. The minimum atomic E-state index is -3.10. The van der Waals surface area contributed by atoms with Crippen LogP contribution in [-0.4, -0.2) is 22.4 Å². The van der Waals surface area contributed by atoms with E-state index in [1.807, 2.05) is 0 Å². The average Bonchev–Trinajstić information content (AvgIpc) is 3.37. The van der Waals surface area contributed by atoms with Crippen LogP contribution in [0.3, 0.4) is 0 Å². The molecule has 1 saturated carbocycles. The largest absolute Gasteiger partial charge is 0.456 e. The molecule has 2 atom stereocenters. The number of nitrogens with one attached hydrogen (secondary N) is 2. The fraction of sp³-hybridized carbons (Fsp3) is 0.350. The van der Waals surface area contributed by atoms with Gasteiger partial charge in [-0.25, -0.2) is 17.8 Å². The SMILES string of the molecule is CC(F)(F)c1cc(Oc2ccccc2)c(C(=O)N[C@H](/C=C/[S@@](C)(=N)=O)C2CC2)s1. The zero-order chi connectivity index (χ0) is 21.2. The first-order valence-corrected chi connectivity index (χ1v) is 11.9. The number of rotatable bonds is 8. The molecule has 2 aromatic rings. The van der Waals surface area contributed by atoms with Crippen LogP contribution in [0, 0.1) is 10.7 Å². The summed E-state index contributed by atoms with van der Waals surface area (Å²) in [6, 6.07) is 9.41. The van der Waals surface area contributed by atoms with Crippen molar-refractivity contribution in [3.8, 4) is 11.5 Å². The van der Waals surface area contributed by atoms with Crippen LogP contribution in [0.5, 0.6) is 11.5 Å². The molecule has 0 radical (unpaired) electrons. The number of hydrogen-bond acceptors (Lipinski definition) is 5. The standard InChI is InChI=1S/C20H22F2N2O3S2/c1-20(21,22)17-12-16(27-14-6-4-3-5-7-14)18(28-17)19(25)24-15(13-8-9-13)10-11-29(2,23)26/h3-7,10-13,15,23H,8-9H2,1-2H3,(H,24,25)/b11-10+/t15-,29+/m1/s1. The highest BCUT2D eigenvalue weighted by Gasteiger charge is 2.34. The van der Waals surface area contributed by atoms with Crippen LogP contribution in [0.1, 0.15) is 34.3 Å². The third-order valence-electron chi connectivity index (χ3n) is 4.28. The summed E-state index contributed by atoms with van der Waals surface area (Å²) in [4.78, 5) is 12.7. The highest BCUT2D eigenvalue weighted by molar-refractivity contribution is 7.94. The third kappa shape index (κ3) is 6.11. The second-order valence-electron chi connectivity index (χ2n) is 7.18. The molecule has 3 rings (SSSR count). The zero-order valence-corrected chi connectivity index (χ0v) is 17.6. The van der Waals surface area contributed by atoms with E-state index in [9.17, 15) is 17.8 Å². The molecule has 1 heterocycles. The minimum absolute atomic E-state index is 0.0486. The van der Waals surface area contributed by atoms with Crippen LogP contribution >= 0.6 is 11.3 Å². The Labute approximate surface area is 172 Å². The summed E-state index contributed by atoms with van der Waals surface area (Å²) in [7, 11) is -2.84. The number of carbonyl (C=O) groups is 1. The second kappa shape index (κ2) is 8.23. The van der Waals surface area contributed by atoms with Crippen LogP contribution in [-0.2, 0) is 15.7 Å². The molecule has 0 unspecified atom stereocenters. The van der Waals surface area contributed by atoms with Gasteiger partial charge in [-0.15, -0.1) is 11.3 Å². The van der Waals surface area contributed by atoms with Gasteiger partial charge in [0.15, 0.2) is 5.75 Å². The molecular formula is C20H22F2N2O3S2. The van der Waals surface area contributed by atoms with Gasteiger partial charge in [0.25, 0.3) is 11.8 Å². The van der Waals surface area contributed by atoms with E-state index in [4.69, 9.17) is 9.52 Å².